The van der Waals surface area contributed by atoms with Crippen molar-refractivity contribution in [1.29, 1.82) is 0 Å². The molecule has 1 atom stereocenters. The number of hydrogen-bond donors (Lipinski definition) is 0. The first-order valence-electron chi connectivity index (χ1n) is 8.38. The molecule has 1 fully saturated rings. The molecule has 1 aromatic rings. The Labute approximate surface area is 133 Å². The van der Waals surface area contributed by atoms with Gasteiger partial charge in [0, 0.05) is 50.6 Å². The second-order valence-corrected chi connectivity index (χ2v) is 6.71. The summed E-state index contributed by atoms with van der Waals surface area (Å²) in [4.78, 5) is 16.7. The number of piperazine rings is 1. The third-order valence-electron chi connectivity index (χ3n) is 4.62. The normalized spacial score (nSPS) is 22.3. The molecule has 1 amide bonds. The van der Waals surface area contributed by atoms with E-state index < -0.39 is 0 Å². The van der Waals surface area contributed by atoms with Crippen molar-refractivity contribution in [3.63, 3.8) is 0 Å². The number of benzene rings is 1. The standard InChI is InChI=1S/C18H26N2O2/c1-14(2)13-18(21)20-10-8-19(9-11-20)16-7-12-22-17-6-4-3-5-15(16)17/h3-6,14,16H,7-13H2,1-2H3. The number of rotatable bonds is 3. The van der Waals surface area contributed by atoms with Crippen LogP contribution in [0.4, 0.5) is 0 Å². The van der Waals surface area contributed by atoms with E-state index in [0.717, 1.165) is 45.0 Å². The lowest BCUT2D eigenvalue weighted by Gasteiger charge is -2.41. The van der Waals surface area contributed by atoms with Gasteiger partial charge < -0.3 is 9.64 Å². The van der Waals surface area contributed by atoms with Crippen LogP contribution in [0.2, 0.25) is 0 Å². The van der Waals surface area contributed by atoms with Gasteiger partial charge in [0.25, 0.3) is 0 Å². The van der Waals surface area contributed by atoms with Gasteiger partial charge in [-0.05, 0) is 12.0 Å². The van der Waals surface area contributed by atoms with Crippen LogP contribution in [0.15, 0.2) is 24.3 Å². The molecule has 2 aliphatic rings. The van der Waals surface area contributed by atoms with Crippen LogP contribution in [0.3, 0.4) is 0 Å². The van der Waals surface area contributed by atoms with Crippen molar-refractivity contribution >= 4 is 5.91 Å². The monoisotopic (exact) mass is 302 g/mol. The molecule has 120 valence electrons. The molecule has 3 rings (SSSR count). The number of carbonyl (C=O) groups excluding carboxylic acids is 1. The van der Waals surface area contributed by atoms with E-state index in [4.69, 9.17) is 4.74 Å². The lowest BCUT2D eigenvalue weighted by Crippen LogP contribution is -2.50. The van der Waals surface area contributed by atoms with Gasteiger partial charge in [0.05, 0.1) is 6.61 Å². The average Bonchev–Trinajstić information content (AvgIpc) is 2.54. The predicted molar refractivity (Wildman–Crippen MR) is 86.9 cm³/mol. The Balaban J connectivity index is 1.62. The van der Waals surface area contributed by atoms with Crippen LogP contribution in [-0.2, 0) is 4.79 Å². The highest BCUT2D eigenvalue weighted by Gasteiger charge is 2.30. The van der Waals surface area contributed by atoms with Gasteiger partial charge in [0.1, 0.15) is 5.75 Å². The average molecular weight is 302 g/mol. The van der Waals surface area contributed by atoms with Gasteiger partial charge in [0.2, 0.25) is 5.91 Å². The number of para-hydroxylation sites is 1. The quantitative estimate of drug-likeness (QED) is 0.860. The first kappa shape index (κ1) is 15.3. The van der Waals surface area contributed by atoms with Crippen LogP contribution in [0.25, 0.3) is 0 Å². The summed E-state index contributed by atoms with van der Waals surface area (Å²) in [6.07, 6.45) is 1.71. The molecular formula is C18H26N2O2. The molecule has 0 bridgehead atoms. The lowest BCUT2D eigenvalue weighted by molar-refractivity contribution is -0.134. The molecule has 1 saturated heterocycles. The summed E-state index contributed by atoms with van der Waals surface area (Å²) in [7, 11) is 0. The Morgan fingerprint density at radius 1 is 1.23 bits per heavy atom. The number of hydrogen-bond acceptors (Lipinski definition) is 3. The van der Waals surface area contributed by atoms with E-state index in [1.165, 1.54) is 5.56 Å². The van der Waals surface area contributed by atoms with E-state index >= 15 is 0 Å². The van der Waals surface area contributed by atoms with Crippen molar-refractivity contribution in [3.8, 4) is 5.75 Å². The van der Waals surface area contributed by atoms with Gasteiger partial charge in [0.15, 0.2) is 0 Å². The highest BCUT2D eigenvalue weighted by molar-refractivity contribution is 5.76. The molecule has 0 N–H and O–H groups in total. The van der Waals surface area contributed by atoms with E-state index in [0.29, 0.717) is 24.3 Å². The van der Waals surface area contributed by atoms with Crippen LogP contribution in [-0.4, -0.2) is 48.5 Å². The highest BCUT2D eigenvalue weighted by Crippen LogP contribution is 2.36. The lowest BCUT2D eigenvalue weighted by atomic mass is 9.98. The van der Waals surface area contributed by atoms with Gasteiger partial charge >= 0.3 is 0 Å². The van der Waals surface area contributed by atoms with E-state index in [1.807, 2.05) is 11.0 Å². The van der Waals surface area contributed by atoms with Gasteiger partial charge in [-0.3, -0.25) is 9.69 Å². The predicted octanol–water partition coefficient (Wildman–Crippen LogP) is 2.70. The molecule has 4 nitrogen and oxygen atoms in total. The van der Waals surface area contributed by atoms with Gasteiger partial charge in [-0.25, -0.2) is 0 Å². The molecule has 0 radical (unpaired) electrons. The highest BCUT2D eigenvalue weighted by atomic mass is 16.5. The molecule has 22 heavy (non-hydrogen) atoms. The van der Waals surface area contributed by atoms with Crippen molar-refractivity contribution in [2.75, 3.05) is 32.8 Å². The number of fused-ring (bicyclic) bond motifs is 1. The fourth-order valence-electron chi connectivity index (χ4n) is 3.46. The summed E-state index contributed by atoms with van der Waals surface area (Å²) < 4.78 is 5.76. The number of amides is 1. The molecule has 0 spiro atoms. The van der Waals surface area contributed by atoms with Crippen LogP contribution < -0.4 is 4.74 Å². The minimum Gasteiger partial charge on any atom is -0.493 e. The minimum atomic E-state index is 0.307. The summed E-state index contributed by atoms with van der Waals surface area (Å²) in [5.74, 6) is 1.77. The summed E-state index contributed by atoms with van der Waals surface area (Å²) in [6.45, 7) is 8.62. The van der Waals surface area contributed by atoms with E-state index in [-0.39, 0.29) is 0 Å². The summed E-state index contributed by atoms with van der Waals surface area (Å²) in [5, 5.41) is 0. The molecule has 0 saturated carbocycles. The second kappa shape index (κ2) is 6.69. The molecule has 2 aliphatic heterocycles. The Hall–Kier alpha value is -1.55. The third kappa shape index (κ3) is 3.27. The third-order valence-corrected chi connectivity index (χ3v) is 4.62. The van der Waals surface area contributed by atoms with Crippen molar-refractivity contribution in [3.05, 3.63) is 29.8 Å². The van der Waals surface area contributed by atoms with Crippen molar-refractivity contribution in [2.45, 2.75) is 32.7 Å². The zero-order chi connectivity index (χ0) is 15.5. The Morgan fingerprint density at radius 2 is 1.95 bits per heavy atom. The van der Waals surface area contributed by atoms with Gasteiger partial charge in [-0.15, -0.1) is 0 Å². The van der Waals surface area contributed by atoms with Crippen LogP contribution in [0.5, 0.6) is 5.75 Å². The maximum atomic E-state index is 12.2. The first-order valence-corrected chi connectivity index (χ1v) is 8.38. The Kier molecular flexibility index (Phi) is 4.67. The molecular weight excluding hydrogens is 276 g/mol. The topological polar surface area (TPSA) is 32.8 Å². The summed E-state index contributed by atoms with van der Waals surface area (Å²) in [5.41, 5.74) is 1.30. The Morgan fingerprint density at radius 3 is 2.68 bits per heavy atom. The zero-order valence-electron chi connectivity index (χ0n) is 13.6. The minimum absolute atomic E-state index is 0.307. The molecule has 2 heterocycles. The molecule has 0 aromatic heterocycles. The van der Waals surface area contributed by atoms with Gasteiger partial charge in [-0.2, -0.15) is 0 Å². The molecule has 1 aromatic carbocycles. The largest absolute Gasteiger partial charge is 0.493 e. The smallest absolute Gasteiger partial charge is 0.222 e. The first-order chi connectivity index (χ1) is 10.6. The van der Waals surface area contributed by atoms with Crippen molar-refractivity contribution in [1.82, 2.24) is 9.80 Å². The SMILES string of the molecule is CC(C)CC(=O)N1CCN(C2CCOc3ccccc32)CC1. The van der Waals surface area contributed by atoms with Crippen LogP contribution in [0, 0.1) is 5.92 Å². The number of ether oxygens (including phenoxy) is 1. The van der Waals surface area contributed by atoms with E-state index in [9.17, 15) is 4.79 Å². The maximum absolute atomic E-state index is 12.2. The summed E-state index contributed by atoms with van der Waals surface area (Å²) >= 11 is 0. The fourth-order valence-corrected chi connectivity index (χ4v) is 3.46. The van der Waals surface area contributed by atoms with Gasteiger partial charge in [-0.1, -0.05) is 32.0 Å². The maximum Gasteiger partial charge on any atom is 0.222 e. The van der Waals surface area contributed by atoms with E-state index in [2.05, 4.69) is 36.9 Å². The fraction of sp³-hybridized carbons (Fsp3) is 0.611. The summed E-state index contributed by atoms with van der Waals surface area (Å²) in [6, 6.07) is 8.79. The Bertz CT molecular complexity index is 522. The van der Waals surface area contributed by atoms with Crippen molar-refractivity contribution in [2.24, 2.45) is 5.92 Å². The van der Waals surface area contributed by atoms with E-state index in [1.54, 1.807) is 0 Å². The van der Waals surface area contributed by atoms with Crippen molar-refractivity contribution < 1.29 is 9.53 Å². The zero-order valence-corrected chi connectivity index (χ0v) is 13.6. The molecule has 0 aliphatic carbocycles. The van der Waals surface area contributed by atoms with Crippen LogP contribution in [0.1, 0.15) is 38.3 Å². The second-order valence-electron chi connectivity index (χ2n) is 6.71. The number of carbonyl (C=O) groups is 1. The van der Waals surface area contributed by atoms with Crippen LogP contribution >= 0.6 is 0 Å². The molecule has 1 unspecified atom stereocenters. The molecule has 4 heteroatoms. The number of nitrogens with zero attached hydrogens (tertiary/aromatic N) is 2.